The summed E-state index contributed by atoms with van der Waals surface area (Å²) in [6.07, 6.45) is -1.56. The summed E-state index contributed by atoms with van der Waals surface area (Å²) in [5.41, 5.74) is 0. The van der Waals surface area contributed by atoms with Gasteiger partial charge in [0.1, 0.15) is 99.1 Å². The van der Waals surface area contributed by atoms with E-state index in [1.807, 2.05) is 34.6 Å². The van der Waals surface area contributed by atoms with Crippen LogP contribution in [-0.4, -0.2) is 327 Å². The van der Waals surface area contributed by atoms with Crippen molar-refractivity contribution in [2.75, 3.05) is 124 Å². The zero-order valence-electron chi connectivity index (χ0n) is 56.9. The molecule has 2 N–H and O–H groups in total. The molecule has 0 bridgehead atoms. The zero-order chi connectivity index (χ0) is 71.1. The fraction of sp³-hybridized carbons (Fsp3) is 1.00. The Hall–Kier alpha value is 1.34. The third kappa shape index (κ3) is 26.7. The summed E-state index contributed by atoms with van der Waals surface area (Å²) in [6.45, 7) is 4.16. The largest absolute Gasteiger partial charge is 0.857 e. The lowest BCUT2D eigenvalue weighted by molar-refractivity contribution is -0.325. The summed E-state index contributed by atoms with van der Waals surface area (Å²) < 4.78 is 150. The Balaban J connectivity index is 0.000000261. The van der Waals surface area contributed by atoms with Gasteiger partial charge in [-0.15, -0.1) is 0 Å². The molecule has 29 nitrogen and oxygen atoms in total. The second-order valence-corrected chi connectivity index (χ2v) is 33.3. The molecule has 31 atom stereocenters. The first-order valence-electron chi connectivity index (χ1n) is 31.1. The number of methoxy groups -OCH3 is 8. The minimum absolute atomic E-state index is 0.0137. The summed E-state index contributed by atoms with van der Waals surface area (Å²) in [7, 11) is 33.9. The number of phosphoric ester groups is 1. The van der Waals surface area contributed by atoms with Gasteiger partial charge < -0.3 is 105 Å². The highest BCUT2D eigenvalue weighted by molar-refractivity contribution is 8.55. The Morgan fingerprint density at radius 1 is 0.537 bits per heavy atom. The van der Waals surface area contributed by atoms with E-state index < -0.39 is 81.1 Å². The first-order valence-corrected chi connectivity index (χ1v) is 39.2. The van der Waals surface area contributed by atoms with Crippen molar-refractivity contribution in [2.45, 2.75) is 222 Å². The second kappa shape index (κ2) is 43.7. The Kier molecular flexibility index (Phi) is 40.8. The maximum Gasteiger partial charge on any atom is 0.475 e. The molecule has 0 spiro atoms. The fourth-order valence-electron chi connectivity index (χ4n) is 11.6. The summed E-state index contributed by atoms with van der Waals surface area (Å²) in [6, 6.07) is -2.23. The first kappa shape index (κ1) is 88.7. The average Bonchev–Trinajstić information content (AvgIpc) is 1.62. The molecule has 9 fully saturated rings. The molecule has 548 valence electrons. The van der Waals surface area contributed by atoms with E-state index in [4.69, 9.17) is 161 Å². The molecule has 0 saturated carbocycles. The molecule has 9 saturated heterocycles. The lowest BCUT2D eigenvalue weighted by atomic mass is 9.86. The lowest BCUT2D eigenvalue weighted by Gasteiger charge is -2.34. The van der Waals surface area contributed by atoms with Crippen LogP contribution in [0.1, 0.15) is 60.3 Å². The predicted molar refractivity (Wildman–Crippen MR) is 358 cm³/mol. The average molecular weight is 1490 g/mol. The van der Waals surface area contributed by atoms with E-state index in [0.29, 0.717) is 13.2 Å². The van der Waals surface area contributed by atoms with Gasteiger partial charge in [-0.25, -0.2) is 9.13 Å². The topological polar surface area (TPSA) is 333 Å². The Bertz CT molecular complexity index is 2280. The number of hydrogen-bond acceptors (Lipinski definition) is 33. The van der Waals surface area contributed by atoms with E-state index in [-0.39, 0.29) is 148 Å². The van der Waals surface area contributed by atoms with Crippen LogP contribution in [0.2, 0.25) is 0 Å². The predicted octanol–water partition coefficient (Wildman–Crippen LogP) is 1.19. The zero-order valence-corrected chi connectivity index (χ0v) is 63.0. The van der Waals surface area contributed by atoms with Gasteiger partial charge in [0, 0.05) is 130 Å². The van der Waals surface area contributed by atoms with Gasteiger partial charge in [0.15, 0.2) is 0 Å². The molecule has 8 radical (unpaired) electrons. The Labute approximate surface area is 586 Å². The number of ether oxygens (including phenoxy) is 16. The summed E-state index contributed by atoms with van der Waals surface area (Å²) >= 11 is 14.6. The molecule has 0 aromatic heterocycles. The highest BCUT2D eigenvalue weighted by Gasteiger charge is 2.56. The van der Waals surface area contributed by atoms with Gasteiger partial charge in [-0.1, -0.05) is 18.7 Å². The molecular formula is C55H101B4O29P3S4-2. The number of aliphatic hydroxyl groups is 2. The SMILES string of the molecule is CO[C@@H]1C[C@H](C)O[C@@H]1CO.C[O-].[B][C@@H]1O[C@H](COC)[C@@H]2OP(=O)(OC[C@H]3O[C@@H](C)C[C@H]3OC)SC12.[B][C@@H]1O[C@H](COC)[C@H](O)C1S.[B][C@@H]1O[C@H](COC)[C@H](OP(=O)(OC)OC[C@H]2O[C@@H](C)C[C@H]2OC)C1S.[B][C@@H]1O[C@H](COC)[C@H](OP([O-])(=S)OC[C@H]2O[C@@H](C)C[C@H]2OC)C1C. The molecule has 0 aromatic carbocycles. The molecule has 9 rings (SSSR count). The van der Waals surface area contributed by atoms with Gasteiger partial charge in [-0.2, -0.15) is 32.4 Å². The number of phosphoric acid groups is 1. The molecule has 0 aromatic rings. The number of aliphatic hydroxyl groups excluding tert-OH is 2. The van der Waals surface area contributed by atoms with E-state index in [2.05, 4.69) is 25.3 Å². The lowest BCUT2D eigenvalue weighted by Crippen LogP contribution is -2.34. The van der Waals surface area contributed by atoms with Crippen molar-refractivity contribution >= 4 is 101 Å². The van der Waals surface area contributed by atoms with Gasteiger partial charge in [-0.3, -0.25) is 22.6 Å². The normalized spacial score (nSPS) is 43.0. The van der Waals surface area contributed by atoms with E-state index in [1.54, 1.807) is 49.8 Å². The van der Waals surface area contributed by atoms with Crippen LogP contribution in [0, 0.1) is 5.92 Å². The molecule has 9 aliphatic rings. The van der Waals surface area contributed by atoms with E-state index in [9.17, 15) is 19.1 Å². The van der Waals surface area contributed by atoms with Crippen molar-refractivity contribution in [2.24, 2.45) is 5.92 Å². The van der Waals surface area contributed by atoms with Gasteiger partial charge in [0.05, 0.1) is 119 Å². The maximum atomic E-state index is 12.8. The Morgan fingerprint density at radius 2 is 0.937 bits per heavy atom. The molecule has 0 amide bonds. The van der Waals surface area contributed by atoms with Crippen molar-refractivity contribution in [3.05, 3.63) is 0 Å². The quantitative estimate of drug-likeness (QED) is 0.0510. The second-order valence-electron chi connectivity index (χ2n) is 23.6. The van der Waals surface area contributed by atoms with Crippen LogP contribution < -0.4 is 10.00 Å². The minimum Gasteiger partial charge on any atom is -0.857 e. The van der Waals surface area contributed by atoms with Crippen molar-refractivity contribution in [1.82, 2.24) is 0 Å². The van der Waals surface area contributed by atoms with E-state index in [1.165, 1.54) is 14.2 Å². The number of fused-ring (bicyclic) bond motifs is 1. The van der Waals surface area contributed by atoms with Crippen LogP contribution in [0.3, 0.4) is 0 Å². The molecule has 0 aliphatic carbocycles. The molecule has 95 heavy (non-hydrogen) atoms. The van der Waals surface area contributed by atoms with Crippen molar-refractivity contribution < 1.29 is 137 Å². The van der Waals surface area contributed by atoms with Gasteiger partial charge in [-0.05, 0) is 39.1 Å². The summed E-state index contributed by atoms with van der Waals surface area (Å²) in [5, 5.41) is 25.4. The van der Waals surface area contributed by atoms with Crippen molar-refractivity contribution in [1.29, 1.82) is 0 Å². The van der Waals surface area contributed by atoms with Crippen molar-refractivity contribution in [3.63, 3.8) is 0 Å². The summed E-state index contributed by atoms with van der Waals surface area (Å²) in [5.74, 6) is -0.181. The third-order valence-electron chi connectivity index (χ3n) is 16.5. The van der Waals surface area contributed by atoms with Crippen LogP contribution in [0.4, 0.5) is 0 Å². The first-order chi connectivity index (χ1) is 45.0. The van der Waals surface area contributed by atoms with Crippen LogP contribution >= 0.6 is 58.0 Å². The minimum atomic E-state index is -3.86. The maximum absolute atomic E-state index is 12.8. The van der Waals surface area contributed by atoms with E-state index >= 15 is 0 Å². The molecule has 7 unspecified atom stereocenters. The number of hydrogen-bond donors (Lipinski definition) is 4. The van der Waals surface area contributed by atoms with Crippen LogP contribution in [-0.2, 0) is 128 Å². The smallest absolute Gasteiger partial charge is 0.475 e. The molecule has 40 heteroatoms. The highest BCUT2D eigenvalue weighted by atomic mass is 32.7. The van der Waals surface area contributed by atoms with Crippen LogP contribution in [0.5, 0.6) is 0 Å². The Morgan fingerprint density at radius 3 is 1.38 bits per heavy atom. The summed E-state index contributed by atoms with van der Waals surface area (Å²) in [4.78, 5) is 12.5. The van der Waals surface area contributed by atoms with Gasteiger partial charge in [0.2, 0.25) is 0 Å². The van der Waals surface area contributed by atoms with Crippen molar-refractivity contribution in [3.8, 4) is 0 Å². The molecule has 9 aliphatic heterocycles. The van der Waals surface area contributed by atoms with Gasteiger partial charge >= 0.3 is 14.6 Å². The van der Waals surface area contributed by atoms with E-state index in [0.717, 1.165) is 44.2 Å². The number of thiol groups is 2. The molecule has 9 heterocycles. The van der Waals surface area contributed by atoms with Crippen LogP contribution in [0.15, 0.2) is 0 Å². The third-order valence-corrected chi connectivity index (χ3v) is 24.8. The van der Waals surface area contributed by atoms with Gasteiger partial charge in [0.25, 0.3) is 0 Å². The fourth-order valence-corrected chi connectivity index (χ4v) is 19.3. The monoisotopic (exact) mass is 1490 g/mol. The highest BCUT2D eigenvalue weighted by Crippen LogP contribution is 2.71. The molecular weight excluding hydrogens is 1390 g/mol. The standard InChI is InChI=1S/C14H26BO8PS.C14H26BO7PS.C13H22BO7PS.C7H14O3.C6H11BO3S.CH3O/c1-8-5-9(18-3)10(21-8)7-20-24(16,19-4)23-12-11(6-17-2)22-14(15)13(12)25;1-8-5-10(18-4)11(20-8)7-19-23(16,24)22-13-9(2)14(15)21-12(13)6-17-3;1-7-4-8(17-3)9(19-7)6-18-22(15)21-11-10(5-16-2)20-13(14)12(11)23-22;1-5-3-6(9-2)7(4-8)10-5;1-9-2-3-4(8)5(11)6(7)10-3;1-2/h8-14,25H,5-7H2,1-4H3;8-14H,5-7H2,1-4H3,(H,16,24);7-13H,4-6H2,1-3H3;5-8H,3-4H2,1-2H3;3-6,8,11H,2H2,1H3;1H3/q;;;;;-1/p-1/t8-,9+,10+,11+,12-,13?,14+,24?;8-,9?,10+,11+,12+,13+,14+,23?;7-,8+,9+,10+,11-,12?,13+,22?;5-,6+,7+;3-,4+,5?,6-;/m00001./s1. The van der Waals surface area contributed by atoms with Crippen LogP contribution in [0.25, 0.3) is 0 Å². The number of rotatable bonds is 27.